The van der Waals surface area contributed by atoms with E-state index in [1.54, 1.807) is 0 Å². The first-order valence-electron chi connectivity index (χ1n) is 8.81. The van der Waals surface area contributed by atoms with E-state index in [0.717, 1.165) is 12.1 Å². The summed E-state index contributed by atoms with van der Waals surface area (Å²) in [4.78, 5) is 5.55. The number of benzene rings is 1. The Kier molecular flexibility index (Phi) is 4.97. The van der Waals surface area contributed by atoms with Crippen LogP contribution >= 0.6 is 0 Å². The molecule has 0 saturated carbocycles. The predicted octanol–water partition coefficient (Wildman–Crippen LogP) is 3.74. The zero-order valence-electron chi connectivity index (χ0n) is 13.7. The first-order valence-corrected chi connectivity index (χ1v) is 8.81. The van der Waals surface area contributed by atoms with E-state index in [9.17, 15) is 0 Å². The number of fused-ring (bicyclic) bond motifs is 1. The van der Waals surface area contributed by atoms with Crippen LogP contribution < -0.4 is 0 Å². The summed E-state index contributed by atoms with van der Waals surface area (Å²) in [5, 5.41) is 0. The lowest BCUT2D eigenvalue weighted by molar-refractivity contribution is 0.00535. The summed E-state index contributed by atoms with van der Waals surface area (Å²) in [6, 6.07) is 12.6. The van der Waals surface area contributed by atoms with E-state index >= 15 is 0 Å². The molecule has 3 atom stereocenters. The van der Waals surface area contributed by atoms with E-state index in [-0.39, 0.29) is 0 Å². The smallest absolute Gasteiger partial charge is 0.0223 e. The Morgan fingerprint density at radius 1 is 1.14 bits per heavy atom. The van der Waals surface area contributed by atoms with E-state index in [1.807, 2.05) is 0 Å². The second kappa shape index (κ2) is 6.93. The SMILES string of the molecule is CCC1CN2CCCCC2CN1CC(C)c1ccccc1. The molecule has 0 spiro atoms. The molecular formula is C19H30N2. The van der Waals surface area contributed by atoms with Crippen LogP contribution in [0.15, 0.2) is 30.3 Å². The first kappa shape index (κ1) is 15.1. The lowest BCUT2D eigenvalue weighted by atomic mass is 9.93. The van der Waals surface area contributed by atoms with Crippen molar-refractivity contribution in [3.8, 4) is 0 Å². The molecule has 2 saturated heterocycles. The molecule has 2 aliphatic rings. The van der Waals surface area contributed by atoms with Gasteiger partial charge < -0.3 is 0 Å². The van der Waals surface area contributed by atoms with Crippen molar-refractivity contribution in [3.63, 3.8) is 0 Å². The van der Waals surface area contributed by atoms with Crippen LogP contribution in [0.1, 0.15) is 51.0 Å². The quantitative estimate of drug-likeness (QED) is 0.832. The molecule has 1 aromatic rings. The van der Waals surface area contributed by atoms with Crippen molar-refractivity contribution < 1.29 is 0 Å². The Hall–Kier alpha value is -0.860. The topological polar surface area (TPSA) is 6.48 Å². The van der Waals surface area contributed by atoms with Gasteiger partial charge in [0.1, 0.15) is 0 Å². The van der Waals surface area contributed by atoms with Crippen LogP contribution in [0.3, 0.4) is 0 Å². The number of piperazine rings is 1. The van der Waals surface area contributed by atoms with Crippen molar-refractivity contribution in [1.82, 2.24) is 9.80 Å². The molecular weight excluding hydrogens is 256 g/mol. The summed E-state index contributed by atoms with van der Waals surface area (Å²) >= 11 is 0. The number of nitrogens with zero attached hydrogens (tertiary/aromatic N) is 2. The largest absolute Gasteiger partial charge is 0.298 e. The number of hydrogen-bond acceptors (Lipinski definition) is 2. The molecule has 0 radical (unpaired) electrons. The van der Waals surface area contributed by atoms with Gasteiger partial charge in [0.15, 0.2) is 0 Å². The summed E-state index contributed by atoms with van der Waals surface area (Å²) in [6.07, 6.45) is 5.53. The molecule has 2 heterocycles. The Labute approximate surface area is 130 Å². The third kappa shape index (κ3) is 3.49. The number of piperidine rings is 1. The van der Waals surface area contributed by atoms with Crippen LogP contribution in [-0.2, 0) is 0 Å². The minimum absolute atomic E-state index is 0.635. The molecule has 2 heteroatoms. The van der Waals surface area contributed by atoms with Crippen molar-refractivity contribution in [3.05, 3.63) is 35.9 Å². The van der Waals surface area contributed by atoms with Crippen LogP contribution in [0.25, 0.3) is 0 Å². The molecule has 0 amide bonds. The van der Waals surface area contributed by atoms with Crippen molar-refractivity contribution in [2.24, 2.45) is 0 Å². The number of hydrogen-bond donors (Lipinski definition) is 0. The van der Waals surface area contributed by atoms with E-state index in [4.69, 9.17) is 0 Å². The lowest BCUT2D eigenvalue weighted by Crippen LogP contribution is -2.59. The second-order valence-corrected chi connectivity index (χ2v) is 6.97. The Morgan fingerprint density at radius 3 is 2.71 bits per heavy atom. The molecule has 0 aromatic heterocycles. The van der Waals surface area contributed by atoms with Gasteiger partial charge >= 0.3 is 0 Å². The van der Waals surface area contributed by atoms with Gasteiger partial charge in [-0.25, -0.2) is 0 Å². The van der Waals surface area contributed by atoms with Crippen molar-refractivity contribution in [1.29, 1.82) is 0 Å². The Bertz CT molecular complexity index is 430. The minimum Gasteiger partial charge on any atom is -0.298 e. The van der Waals surface area contributed by atoms with Crippen molar-refractivity contribution in [2.45, 2.75) is 57.5 Å². The monoisotopic (exact) mass is 286 g/mol. The van der Waals surface area contributed by atoms with E-state index < -0.39 is 0 Å². The summed E-state index contributed by atoms with van der Waals surface area (Å²) in [7, 11) is 0. The van der Waals surface area contributed by atoms with E-state index in [0.29, 0.717) is 5.92 Å². The number of rotatable bonds is 4. The highest BCUT2D eigenvalue weighted by Crippen LogP contribution is 2.27. The van der Waals surface area contributed by atoms with Crippen LogP contribution in [-0.4, -0.2) is 48.1 Å². The fourth-order valence-corrected chi connectivity index (χ4v) is 4.16. The molecule has 0 aliphatic carbocycles. The molecule has 3 unspecified atom stereocenters. The van der Waals surface area contributed by atoms with Crippen LogP contribution in [0.2, 0.25) is 0 Å². The molecule has 1 aromatic carbocycles. The van der Waals surface area contributed by atoms with E-state index in [2.05, 4.69) is 54.0 Å². The second-order valence-electron chi connectivity index (χ2n) is 6.97. The van der Waals surface area contributed by atoms with Gasteiger partial charge in [-0.3, -0.25) is 9.80 Å². The average Bonchev–Trinajstić information content (AvgIpc) is 2.55. The predicted molar refractivity (Wildman–Crippen MR) is 89.7 cm³/mol. The maximum atomic E-state index is 2.78. The average molecular weight is 286 g/mol. The highest BCUT2D eigenvalue weighted by atomic mass is 15.3. The van der Waals surface area contributed by atoms with Gasteiger partial charge in [0.2, 0.25) is 0 Å². The third-order valence-corrected chi connectivity index (χ3v) is 5.50. The van der Waals surface area contributed by atoms with Crippen LogP contribution in [0.5, 0.6) is 0 Å². The van der Waals surface area contributed by atoms with E-state index in [1.165, 1.54) is 57.4 Å². The van der Waals surface area contributed by atoms with Gasteiger partial charge in [-0.2, -0.15) is 0 Å². The Morgan fingerprint density at radius 2 is 1.95 bits per heavy atom. The molecule has 2 fully saturated rings. The van der Waals surface area contributed by atoms with Crippen LogP contribution in [0, 0.1) is 0 Å². The van der Waals surface area contributed by atoms with Gasteiger partial charge in [0.05, 0.1) is 0 Å². The molecule has 0 bridgehead atoms. The fourth-order valence-electron chi connectivity index (χ4n) is 4.16. The maximum absolute atomic E-state index is 2.78. The van der Waals surface area contributed by atoms with Crippen molar-refractivity contribution >= 4 is 0 Å². The van der Waals surface area contributed by atoms with Crippen LogP contribution in [0.4, 0.5) is 0 Å². The van der Waals surface area contributed by atoms with Gasteiger partial charge in [0, 0.05) is 31.7 Å². The molecule has 0 N–H and O–H groups in total. The summed E-state index contributed by atoms with van der Waals surface area (Å²) in [5.41, 5.74) is 1.48. The zero-order valence-corrected chi connectivity index (χ0v) is 13.7. The molecule has 3 rings (SSSR count). The van der Waals surface area contributed by atoms with Gasteiger partial charge in [-0.15, -0.1) is 0 Å². The molecule has 2 aliphatic heterocycles. The first-order chi connectivity index (χ1) is 10.3. The summed E-state index contributed by atoms with van der Waals surface area (Å²) < 4.78 is 0. The standard InChI is InChI=1S/C19H30N2/c1-3-18-14-20-12-8-7-11-19(20)15-21(18)13-16(2)17-9-5-4-6-10-17/h4-6,9-10,16,18-19H,3,7-8,11-15H2,1-2H3. The summed E-state index contributed by atoms with van der Waals surface area (Å²) in [5.74, 6) is 0.635. The molecule has 116 valence electrons. The molecule has 2 nitrogen and oxygen atoms in total. The van der Waals surface area contributed by atoms with Gasteiger partial charge in [-0.05, 0) is 37.3 Å². The van der Waals surface area contributed by atoms with Gasteiger partial charge in [-0.1, -0.05) is 50.6 Å². The highest BCUT2D eigenvalue weighted by Gasteiger charge is 2.34. The van der Waals surface area contributed by atoms with Gasteiger partial charge in [0.25, 0.3) is 0 Å². The summed E-state index contributed by atoms with van der Waals surface area (Å²) in [6.45, 7) is 9.87. The fraction of sp³-hybridized carbons (Fsp3) is 0.684. The molecule has 21 heavy (non-hydrogen) atoms. The lowest BCUT2D eigenvalue weighted by Gasteiger charge is -2.49. The normalized spacial score (nSPS) is 29.0. The zero-order chi connectivity index (χ0) is 14.7. The minimum atomic E-state index is 0.635. The maximum Gasteiger partial charge on any atom is 0.0223 e. The van der Waals surface area contributed by atoms with Crippen molar-refractivity contribution in [2.75, 3.05) is 26.2 Å². The highest BCUT2D eigenvalue weighted by molar-refractivity contribution is 5.19. The Balaban J connectivity index is 1.65. The third-order valence-electron chi connectivity index (χ3n) is 5.50.